The summed E-state index contributed by atoms with van der Waals surface area (Å²) in [6.07, 6.45) is 12.0. The zero-order chi connectivity index (χ0) is 20.2. The lowest BCUT2D eigenvalue weighted by Gasteiger charge is -2.20. The maximum atomic E-state index is 12.9. The van der Waals surface area contributed by atoms with E-state index in [-0.39, 0.29) is 5.91 Å². The summed E-state index contributed by atoms with van der Waals surface area (Å²) >= 11 is 0. The van der Waals surface area contributed by atoms with Crippen molar-refractivity contribution in [1.29, 1.82) is 0 Å². The van der Waals surface area contributed by atoms with Gasteiger partial charge in [-0.15, -0.1) is 6.42 Å². The van der Waals surface area contributed by atoms with Crippen LogP contribution in [0.25, 0.3) is 22.2 Å². The van der Waals surface area contributed by atoms with Gasteiger partial charge in [0.1, 0.15) is 12.4 Å². The lowest BCUT2D eigenvalue weighted by Crippen LogP contribution is -2.33. The minimum Gasteiger partial charge on any atom is -0.491 e. The maximum absolute atomic E-state index is 12.9. The van der Waals surface area contributed by atoms with E-state index in [9.17, 15) is 4.79 Å². The summed E-state index contributed by atoms with van der Waals surface area (Å²) < 4.78 is 5.89. The SMILES string of the molecule is C#C/C=C\C(=C/C)C(=O)N1CCOc2ccc(-c3ccc4nc[nH]c4c3)cc2C1. The van der Waals surface area contributed by atoms with Gasteiger partial charge in [-0.05, 0) is 54.5 Å². The van der Waals surface area contributed by atoms with Crippen molar-refractivity contribution in [3.63, 3.8) is 0 Å². The fourth-order valence-electron chi connectivity index (χ4n) is 3.47. The summed E-state index contributed by atoms with van der Waals surface area (Å²) in [5, 5.41) is 0. The van der Waals surface area contributed by atoms with Gasteiger partial charge < -0.3 is 14.6 Å². The fraction of sp³-hybridized carbons (Fsp3) is 0.167. The average Bonchev–Trinajstić information content (AvgIpc) is 3.11. The number of rotatable bonds is 3. The summed E-state index contributed by atoms with van der Waals surface area (Å²) in [5.41, 5.74) is 5.63. The van der Waals surface area contributed by atoms with Gasteiger partial charge in [0, 0.05) is 17.7 Å². The molecule has 5 nitrogen and oxygen atoms in total. The summed E-state index contributed by atoms with van der Waals surface area (Å²) in [4.78, 5) is 22.1. The van der Waals surface area contributed by atoms with E-state index >= 15 is 0 Å². The molecule has 0 aliphatic carbocycles. The van der Waals surface area contributed by atoms with Gasteiger partial charge in [-0.25, -0.2) is 4.98 Å². The summed E-state index contributed by atoms with van der Waals surface area (Å²) in [5.74, 6) is 3.19. The molecule has 2 heterocycles. The molecule has 2 aromatic carbocycles. The number of fused-ring (bicyclic) bond motifs is 2. The van der Waals surface area contributed by atoms with Crippen LogP contribution in [0.1, 0.15) is 12.5 Å². The number of hydrogen-bond donors (Lipinski definition) is 1. The van der Waals surface area contributed by atoms with Crippen LogP contribution in [0.4, 0.5) is 0 Å². The third-order valence-electron chi connectivity index (χ3n) is 5.00. The number of carbonyl (C=O) groups is 1. The van der Waals surface area contributed by atoms with Crippen molar-refractivity contribution >= 4 is 16.9 Å². The number of imidazole rings is 1. The first kappa shape index (κ1) is 18.6. The van der Waals surface area contributed by atoms with Crippen LogP contribution in [-0.2, 0) is 11.3 Å². The van der Waals surface area contributed by atoms with E-state index in [2.05, 4.69) is 28.0 Å². The number of carbonyl (C=O) groups excluding carboxylic acids is 1. The lowest BCUT2D eigenvalue weighted by molar-refractivity contribution is -0.127. The number of ether oxygens (including phenoxy) is 1. The highest BCUT2D eigenvalue weighted by atomic mass is 16.5. The molecule has 4 rings (SSSR count). The Hall–Kier alpha value is -3.78. The van der Waals surface area contributed by atoms with Gasteiger partial charge in [0.05, 0.1) is 23.9 Å². The number of aromatic nitrogens is 2. The topological polar surface area (TPSA) is 58.2 Å². The first-order valence-electron chi connectivity index (χ1n) is 9.47. The largest absolute Gasteiger partial charge is 0.491 e. The quantitative estimate of drug-likeness (QED) is 0.421. The number of amides is 1. The number of hydrogen-bond acceptors (Lipinski definition) is 3. The normalized spacial score (nSPS) is 14.3. The number of H-pyrrole nitrogens is 1. The van der Waals surface area contributed by atoms with Crippen LogP contribution in [0.2, 0.25) is 0 Å². The van der Waals surface area contributed by atoms with Gasteiger partial charge in [0.25, 0.3) is 5.91 Å². The van der Waals surface area contributed by atoms with Crippen LogP contribution >= 0.6 is 0 Å². The summed E-state index contributed by atoms with van der Waals surface area (Å²) in [6, 6.07) is 12.2. The second kappa shape index (κ2) is 8.07. The molecule has 3 aromatic rings. The molecule has 0 saturated carbocycles. The van der Waals surface area contributed by atoms with Crippen LogP contribution in [0.5, 0.6) is 5.75 Å². The highest BCUT2D eigenvalue weighted by Gasteiger charge is 2.21. The molecule has 0 radical (unpaired) electrons. The predicted octanol–water partition coefficient (Wildman–Crippen LogP) is 4.09. The molecule has 144 valence electrons. The Balaban J connectivity index is 1.64. The van der Waals surface area contributed by atoms with Gasteiger partial charge in [0.2, 0.25) is 0 Å². The molecule has 0 spiro atoms. The smallest absolute Gasteiger partial charge is 0.253 e. The minimum absolute atomic E-state index is 0.0558. The Bertz CT molecular complexity index is 1160. The van der Waals surface area contributed by atoms with Crippen molar-refractivity contribution in [3.05, 3.63) is 72.1 Å². The highest BCUT2D eigenvalue weighted by Crippen LogP contribution is 2.30. The number of terminal acetylenes is 1. The van der Waals surface area contributed by atoms with Crippen LogP contribution in [0, 0.1) is 12.3 Å². The Labute approximate surface area is 169 Å². The van der Waals surface area contributed by atoms with Gasteiger partial charge in [-0.1, -0.05) is 24.1 Å². The van der Waals surface area contributed by atoms with Crippen LogP contribution in [0.15, 0.2) is 66.5 Å². The molecule has 1 N–H and O–H groups in total. The standard InChI is InChI=1S/C24H21N3O2/c1-3-5-6-17(4-2)24(28)27-11-12-29-23-10-8-18(13-20(23)15-27)19-7-9-21-22(14-19)26-16-25-21/h1,4-10,13-14,16H,11-12,15H2,2H3,(H,25,26)/b6-5-,17-4+. The van der Waals surface area contributed by atoms with E-state index < -0.39 is 0 Å². The Morgan fingerprint density at radius 2 is 2.10 bits per heavy atom. The van der Waals surface area contributed by atoms with Crippen molar-refractivity contribution in [2.45, 2.75) is 13.5 Å². The highest BCUT2D eigenvalue weighted by molar-refractivity contribution is 5.96. The molecule has 0 atom stereocenters. The van der Waals surface area contributed by atoms with E-state index in [1.165, 1.54) is 0 Å². The zero-order valence-electron chi connectivity index (χ0n) is 16.2. The van der Waals surface area contributed by atoms with Crippen molar-refractivity contribution < 1.29 is 9.53 Å². The number of nitrogens with zero attached hydrogens (tertiary/aromatic N) is 2. The van der Waals surface area contributed by atoms with Gasteiger partial charge in [0.15, 0.2) is 0 Å². The molecule has 0 unspecified atom stereocenters. The molecule has 0 saturated heterocycles. The molecule has 1 aliphatic heterocycles. The van der Waals surface area contributed by atoms with Crippen molar-refractivity contribution in [2.75, 3.05) is 13.2 Å². The molecule has 29 heavy (non-hydrogen) atoms. The van der Waals surface area contributed by atoms with Gasteiger partial charge in [-0.2, -0.15) is 0 Å². The van der Waals surface area contributed by atoms with E-state index in [1.54, 1.807) is 29.5 Å². The molecule has 1 aliphatic rings. The number of allylic oxidation sites excluding steroid dienone is 2. The second-order valence-electron chi connectivity index (χ2n) is 6.78. The van der Waals surface area contributed by atoms with Gasteiger partial charge >= 0.3 is 0 Å². The van der Waals surface area contributed by atoms with Crippen LogP contribution in [0.3, 0.4) is 0 Å². The first-order valence-corrected chi connectivity index (χ1v) is 9.47. The van der Waals surface area contributed by atoms with Gasteiger partial charge in [-0.3, -0.25) is 4.79 Å². The lowest BCUT2D eigenvalue weighted by atomic mass is 10.0. The average molecular weight is 383 g/mol. The van der Waals surface area contributed by atoms with Crippen LogP contribution < -0.4 is 4.74 Å². The van der Waals surface area contributed by atoms with E-state index in [0.717, 1.165) is 33.5 Å². The molecule has 1 amide bonds. The summed E-state index contributed by atoms with van der Waals surface area (Å²) in [7, 11) is 0. The Morgan fingerprint density at radius 3 is 2.93 bits per heavy atom. The molecule has 0 fully saturated rings. The number of benzene rings is 2. The first-order chi connectivity index (χ1) is 14.2. The van der Waals surface area contributed by atoms with E-state index in [0.29, 0.717) is 25.3 Å². The molecule has 5 heteroatoms. The van der Waals surface area contributed by atoms with Crippen molar-refractivity contribution in [2.24, 2.45) is 0 Å². The van der Waals surface area contributed by atoms with Crippen molar-refractivity contribution in [3.8, 4) is 29.2 Å². The van der Waals surface area contributed by atoms with Crippen molar-refractivity contribution in [1.82, 2.24) is 14.9 Å². The van der Waals surface area contributed by atoms with E-state index in [1.807, 2.05) is 31.2 Å². The molecule has 0 bridgehead atoms. The van der Waals surface area contributed by atoms with Crippen LogP contribution in [-0.4, -0.2) is 33.9 Å². The van der Waals surface area contributed by atoms with E-state index in [4.69, 9.17) is 11.2 Å². The predicted molar refractivity (Wildman–Crippen MR) is 114 cm³/mol. The monoisotopic (exact) mass is 383 g/mol. The Kier molecular flexibility index (Phi) is 5.17. The minimum atomic E-state index is -0.0558. The number of aromatic amines is 1. The fourth-order valence-corrected chi connectivity index (χ4v) is 3.47. The second-order valence-corrected chi connectivity index (χ2v) is 6.78. The number of nitrogens with one attached hydrogen (secondary N) is 1. The third kappa shape index (κ3) is 3.78. The summed E-state index contributed by atoms with van der Waals surface area (Å²) in [6.45, 7) is 3.29. The Morgan fingerprint density at radius 1 is 1.28 bits per heavy atom. The molecule has 1 aromatic heterocycles. The molecular formula is C24H21N3O2. The maximum Gasteiger partial charge on any atom is 0.253 e. The molecular weight excluding hydrogens is 362 g/mol. The zero-order valence-corrected chi connectivity index (χ0v) is 16.2. The third-order valence-corrected chi connectivity index (χ3v) is 5.00.